The maximum absolute atomic E-state index is 11.0. The fourth-order valence-electron chi connectivity index (χ4n) is 1.88. The van der Waals surface area contributed by atoms with Crippen LogP contribution in [0.2, 0.25) is 0 Å². The summed E-state index contributed by atoms with van der Waals surface area (Å²) in [6.45, 7) is 0.595. The predicted molar refractivity (Wildman–Crippen MR) is 57.0 cm³/mol. The highest BCUT2D eigenvalue weighted by Gasteiger charge is 2.31. The molecule has 0 radical (unpaired) electrons. The molecule has 0 amide bonds. The van der Waals surface area contributed by atoms with Crippen molar-refractivity contribution >= 4 is 17.8 Å². The molecule has 1 saturated heterocycles. The Kier molecular flexibility index (Phi) is 2.90. The van der Waals surface area contributed by atoms with Crippen LogP contribution in [0.4, 0.5) is 5.82 Å². The lowest BCUT2D eigenvalue weighted by molar-refractivity contribution is -0.138. The Bertz CT molecular complexity index is 445. The Morgan fingerprint density at radius 3 is 2.59 bits per heavy atom. The first-order chi connectivity index (χ1) is 8.09. The lowest BCUT2D eigenvalue weighted by Crippen LogP contribution is -2.36. The summed E-state index contributed by atoms with van der Waals surface area (Å²) in [5.74, 6) is -1.65. The molecule has 17 heavy (non-hydrogen) atoms. The molecule has 1 fully saturated rings. The normalized spacial score (nSPS) is 19.3. The maximum atomic E-state index is 11.0. The van der Waals surface area contributed by atoms with Crippen molar-refractivity contribution < 1.29 is 19.8 Å². The van der Waals surface area contributed by atoms with Crippen molar-refractivity contribution in [1.82, 2.24) is 9.97 Å². The number of aromatic carboxylic acids is 1. The lowest BCUT2D eigenvalue weighted by Gasteiger charge is -2.21. The van der Waals surface area contributed by atoms with Crippen LogP contribution < -0.4 is 4.90 Å². The van der Waals surface area contributed by atoms with E-state index in [0.29, 0.717) is 18.8 Å². The van der Waals surface area contributed by atoms with Crippen LogP contribution in [0.3, 0.4) is 0 Å². The van der Waals surface area contributed by atoms with E-state index in [1.165, 1.54) is 6.20 Å². The third-order valence-corrected chi connectivity index (χ3v) is 2.69. The number of carbonyl (C=O) groups is 2. The van der Waals surface area contributed by atoms with Gasteiger partial charge in [-0.15, -0.1) is 0 Å². The molecular weight excluding hydrogens is 226 g/mol. The molecule has 1 aliphatic heterocycles. The van der Waals surface area contributed by atoms with E-state index < -0.39 is 18.0 Å². The van der Waals surface area contributed by atoms with Gasteiger partial charge in [0.05, 0.1) is 12.4 Å². The molecule has 0 spiro atoms. The fraction of sp³-hybridized carbons (Fsp3) is 0.400. The zero-order chi connectivity index (χ0) is 12.4. The number of carboxylic acid groups (broad SMARTS) is 2. The van der Waals surface area contributed by atoms with Crippen LogP contribution in [0, 0.1) is 0 Å². The largest absolute Gasteiger partial charge is 0.480 e. The van der Waals surface area contributed by atoms with Gasteiger partial charge in [-0.2, -0.15) is 0 Å². The monoisotopic (exact) mass is 237 g/mol. The minimum absolute atomic E-state index is 0.153. The third-order valence-electron chi connectivity index (χ3n) is 2.69. The molecule has 1 atom stereocenters. The van der Waals surface area contributed by atoms with E-state index in [0.717, 1.165) is 12.6 Å². The number of carboxylic acids is 2. The molecule has 1 aromatic heterocycles. The van der Waals surface area contributed by atoms with Crippen molar-refractivity contribution in [3.8, 4) is 0 Å². The quantitative estimate of drug-likeness (QED) is 0.775. The molecule has 0 unspecified atom stereocenters. The second kappa shape index (κ2) is 4.36. The minimum Gasteiger partial charge on any atom is -0.480 e. The van der Waals surface area contributed by atoms with Gasteiger partial charge in [-0.1, -0.05) is 0 Å². The summed E-state index contributed by atoms with van der Waals surface area (Å²) in [7, 11) is 0. The fourth-order valence-corrected chi connectivity index (χ4v) is 1.88. The van der Waals surface area contributed by atoms with Gasteiger partial charge in [0, 0.05) is 6.54 Å². The lowest BCUT2D eigenvalue weighted by atomic mass is 10.2. The maximum Gasteiger partial charge on any atom is 0.356 e. The molecule has 1 aliphatic rings. The Morgan fingerprint density at radius 1 is 1.29 bits per heavy atom. The number of hydrogen-bond acceptors (Lipinski definition) is 5. The topological polar surface area (TPSA) is 104 Å². The summed E-state index contributed by atoms with van der Waals surface area (Å²) in [5.41, 5.74) is -0.153. The highest BCUT2D eigenvalue weighted by Crippen LogP contribution is 2.23. The van der Waals surface area contributed by atoms with Crippen molar-refractivity contribution in [2.24, 2.45) is 0 Å². The smallest absolute Gasteiger partial charge is 0.356 e. The molecule has 2 heterocycles. The average molecular weight is 237 g/mol. The molecule has 7 nitrogen and oxygen atoms in total. The van der Waals surface area contributed by atoms with Crippen LogP contribution >= 0.6 is 0 Å². The van der Waals surface area contributed by atoms with Crippen LogP contribution in [0.5, 0.6) is 0 Å². The minimum atomic E-state index is -1.15. The molecular formula is C10H11N3O4. The Hall–Kier alpha value is -2.18. The van der Waals surface area contributed by atoms with Crippen molar-refractivity contribution in [2.45, 2.75) is 18.9 Å². The van der Waals surface area contributed by atoms with Crippen molar-refractivity contribution in [3.63, 3.8) is 0 Å². The summed E-state index contributed by atoms with van der Waals surface area (Å²) < 4.78 is 0. The number of aromatic nitrogens is 2. The van der Waals surface area contributed by atoms with Gasteiger partial charge >= 0.3 is 11.9 Å². The highest BCUT2D eigenvalue weighted by molar-refractivity contribution is 5.85. The van der Waals surface area contributed by atoms with Gasteiger partial charge < -0.3 is 15.1 Å². The average Bonchev–Trinajstić information content (AvgIpc) is 2.78. The van der Waals surface area contributed by atoms with Gasteiger partial charge in [-0.3, -0.25) is 0 Å². The van der Waals surface area contributed by atoms with Crippen LogP contribution in [0.1, 0.15) is 23.3 Å². The molecule has 90 valence electrons. The van der Waals surface area contributed by atoms with E-state index in [1.54, 1.807) is 4.90 Å². The van der Waals surface area contributed by atoms with E-state index in [4.69, 9.17) is 10.2 Å². The van der Waals surface area contributed by atoms with Gasteiger partial charge in [0.1, 0.15) is 11.9 Å². The second-order valence-electron chi connectivity index (χ2n) is 3.75. The Balaban J connectivity index is 2.22. The van der Waals surface area contributed by atoms with E-state index >= 15 is 0 Å². The van der Waals surface area contributed by atoms with Crippen LogP contribution in [0.25, 0.3) is 0 Å². The van der Waals surface area contributed by atoms with Crippen LogP contribution in [-0.4, -0.2) is 44.7 Å². The number of hydrogen-bond donors (Lipinski definition) is 2. The summed E-state index contributed by atoms with van der Waals surface area (Å²) in [6.07, 6.45) is 3.77. The molecule has 1 aromatic rings. The van der Waals surface area contributed by atoms with E-state index in [-0.39, 0.29) is 5.69 Å². The Labute approximate surface area is 96.7 Å². The van der Waals surface area contributed by atoms with Crippen molar-refractivity contribution in [1.29, 1.82) is 0 Å². The van der Waals surface area contributed by atoms with Gasteiger partial charge in [0.25, 0.3) is 0 Å². The molecule has 0 aromatic carbocycles. The SMILES string of the molecule is O=C(O)c1cnc(N2CCC[C@@H]2C(=O)O)cn1. The van der Waals surface area contributed by atoms with Crippen molar-refractivity contribution in [2.75, 3.05) is 11.4 Å². The highest BCUT2D eigenvalue weighted by atomic mass is 16.4. The first kappa shape index (κ1) is 11.3. The van der Waals surface area contributed by atoms with Crippen molar-refractivity contribution in [3.05, 3.63) is 18.1 Å². The van der Waals surface area contributed by atoms with Gasteiger partial charge in [-0.25, -0.2) is 19.6 Å². The predicted octanol–water partition coefficient (Wildman–Crippen LogP) is 0.228. The van der Waals surface area contributed by atoms with Gasteiger partial charge in [0.2, 0.25) is 0 Å². The molecule has 2 N–H and O–H groups in total. The number of aliphatic carboxylic acids is 1. The van der Waals surface area contributed by atoms with E-state index in [9.17, 15) is 9.59 Å². The van der Waals surface area contributed by atoms with E-state index in [1.807, 2.05) is 0 Å². The molecule has 0 bridgehead atoms. The molecule has 0 saturated carbocycles. The number of rotatable bonds is 3. The number of anilines is 1. The zero-order valence-electron chi connectivity index (χ0n) is 8.91. The molecule has 2 rings (SSSR count). The standard InChI is InChI=1S/C10H11N3O4/c14-9(15)6-4-12-8(5-11-6)13-3-1-2-7(13)10(16)17/h4-5,7H,1-3H2,(H,14,15)(H,16,17)/t7-/m1/s1. The summed E-state index contributed by atoms with van der Waals surface area (Å²) >= 11 is 0. The van der Waals surface area contributed by atoms with Crippen LogP contribution in [-0.2, 0) is 4.79 Å². The first-order valence-electron chi connectivity index (χ1n) is 5.14. The third kappa shape index (κ3) is 2.17. The summed E-state index contributed by atoms with van der Waals surface area (Å²) in [4.78, 5) is 30.9. The van der Waals surface area contributed by atoms with Crippen LogP contribution in [0.15, 0.2) is 12.4 Å². The number of nitrogens with zero attached hydrogens (tertiary/aromatic N) is 3. The van der Waals surface area contributed by atoms with Gasteiger partial charge in [0.15, 0.2) is 5.69 Å². The molecule has 0 aliphatic carbocycles. The molecule has 7 heteroatoms. The zero-order valence-corrected chi connectivity index (χ0v) is 8.91. The van der Waals surface area contributed by atoms with E-state index in [2.05, 4.69) is 9.97 Å². The van der Waals surface area contributed by atoms with Gasteiger partial charge in [-0.05, 0) is 12.8 Å². The first-order valence-corrected chi connectivity index (χ1v) is 5.14. The Morgan fingerprint density at radius 2 is 2.06 bits per heavy atom. The second-order valence-corrected chi connectivity index (χ2v) is 3.75. The summed E-state index contributed by atoms with van der Waals surface area (Å²) in [6, 6.07) is -0.597. The summed E-state index contributed by atoms with van der Waals surface area (Å²) in [5, 5.41) is 17.7.